The largest absolute Gasteiger partial charge is 0.492 e. The number of carbonyl (C=O) groups is 2. The second-order valence-corrected chi connectivity index (χ2v) is 5.87. The van der Waals surface area contributed by atoms with Crippen molar-refractivity contribution in [3.8, 4) is 5.75 Å². The normalized spacial score (nSPS) is 20.5. The number of ether oxygens (including phenoxy) is 2. The van der Waals surface area contributed by atoms with Crippen molar-refractivity contribution in [3.05, 3.63) is 29.3 Å². The van der Waals surface area contributed by atoms with Crippen molar-refractivity contribution < 1.29 is 19.1 Å². The minimum absolute atomic E-state index is 0.179. The number of amides is 1. The molecule has 0 radical (unpaired) electrons. The third-order valence-electron chi connectivity index (χ3n) is 4.26. The first kappa shape index (κ1) is 15.8. The number of hydrogen-bond donors (Lipinski definition) is 1. The lowest BCUT2D eigenvalue weighted by atomic mass is 9.99. The molecule has 0 saturated carbocycles. The Morgan fingerprint density at radius 3 is 3.13 bits per heavy atom. The molecule has 6 heteroatoms. The lowest BCUT2D eigenvalue weighted by Gasteiger charge is -2.31. The molecule has 1 aromatic carbocycles. The van der Waals surface area contributed by atoms with Gasteiger partial charge < -0.3 is 9.47 Å². The quantitative estimate of drug-likeness (QED) is 0.853. The van der Waals surface area contributed by atoms with Crippen LogP contribution < -0.4 is 10.2 Å². The smallest absolute Gasteiger partial charge is 0.310 e. The van der Waals surface area contributed by atoms with Crippen LogP contribution in [0.1, 0.15) is 35.7 Å². The summed E-state index contributed by atoms with van der Waals surface area (Å²) in [5.74, 6) is 0.134. The summed E-state index contributed by atoms with van der Waals surface area (Å²) in [5.41, 5.74) is 4.52. The molecule has 6 nitrogen and oxygen atoms in total. The zero-order chi connectivity index (χ0) is 16.2. The van der Waals surface area contributed by atoms with E-state index in [0.29, 0.717) is 31.1 Å². The number of benzene rings is 1. The van der Waals surface area contributed by atoms with Crippen LogP contribution in [0.2, 0.25) is 0 Å². The second-order valence-electron chi connectivity index (χ2n) is 5.87. The number of nitrogens with one attached hydrogen (secondary N) is 1. The van der Waals surface area contributed by atoms with E-state index in [1.807, 2.05) is 17.1 Å². The number of rotatable bonds is 4. The molecule has 23 heavy (non-hydrogen) atoms. The predicted molar refractivity (Wildman–Crippen MR) is 84.0 cm³/mol. The molecule has 0 unspecified atom stereocenters. The number of hydrogen-bond acceptors (Lipinski definition) is 5. The first-order valence-corrected chi connectivity index (χ1v) is 8.16. The number of piperidine rings is 1. The van der Waals surface area contributed by atoms with Gasteiger partial charge in [0, 0.05) is 19.5 Å². The predicted octanol–water partition coefficient (Wildman–Crippen LogP) is 1.54. The van der Waals surface area contributed by atoms with E-state index in [0.717, 1.165) is 31.4 Å². The average molecular weight is 318 g/mol. The summed E-state index contributed by atoms with van der Waals surface area (Å²) in [7, 11) is 0. The minimum atomic E-state index is -0.187. The highest BCUT2D eigenvalue weighted by molar-refractivity contribution is 5.97. The highest BCUT2D eigenvalue weighted by Crippen LogP contribution is 2.29. The standard InChI is InChI=1S/C17H22N2O4/c1-2-22-17(21)13-6-4-9-19(11-13)18-16(20)14-7-3-5-12-8-10-23-15(12)14/h3,5,7,13H,2,4,6,8-11H2,1H3,(H,18,20)/t13-/m0/s1. The summed E-state index contributed by atoms with van der Waals surface area (Å²) in [5, 5.41) is 1.81. The molecule has 2 aliphatic heterocycles. The second kappa shape index (κ2) is 7.00. The lowest BCUT2D eigenvalue weighted by molar-refractivity contribution is -0.150. The molecule has 1 N–H and O–H groups in total. The zero-order valence-electron chi connectivity index (χ0n) is 13.3. The van der Waals surface area contributed by atoms with Crippen molar-refractivity contribution in [1.82, 2.24) is 10.4 Å². The molecule has 1 atom stereocenters. The summed E-state index contributed by atoms with van der Waals surface area (Å²) in [6.07, 6.45) is 2.49. The van der Waals surface area contributed by atoms with Gasteiger partial charge in [0.1, 0.15) is 5.75 Å². The Morgan fingerprint density at radius 1 is 1.43 bits per heavy atom. The number of esters is 1. The summed E-state index contributed by atoms with van der Waals surface area (Å²) in [6, 6.07) is 5.63. The summed E-state index contributed by atoms with van der Waals surface area (Å²) < 4.78 is 10.7. The van der Waals surface area contributed by atoms with Gasteiger partial charge in [-0.1, -0.05) is 12.1 Å². The number of hydrazine groups is 1. The fraction of sp³-hybridized carbons (Fsp3) is 0.529. The van der Waals surface area contributed by atoms with E-state index in [-0.39, 0.29) is 17.8 Å². The molecule has 1 amide bonds. The van der Waals surface area contributed by atoms with E-state index < -0.39 is 0 Å². The van der Waals surface area contributed by atoms with Gasteiger partial charge in [-0.05, 0) is 31.4 Å². The molecule has 3 rings (SSSR count). The van der Waals surface area contributed by atoms with Gasteiger partial charge in [0.2, 0.25) is 0 Å². The molecule has 1 fully saturated rings. The van der Waals surface area contributed by atoms with E-state index >= 15 is 0 Å². The Morgan fingerprint density at radius 2 is 2.30 bits per heavy atom. The van der Waals surface area contributed by atoms with Crippen LogP contribution in [0.4, 0.5) is 0 Å². The van der Waals surface area contributed by atoms with Crippen molar-refractivity contribution in [1.29, 1.82) is 0 Å². The molecule has 0 spiro atoms. The maximum absolute atomic E-state index is 12.5. The number of fused-ring (bicyclic) bond motifs is 1. The van der Waals surface area contributed by atoms with E-state index in [1.165, 1.54) is 0 Å². The van der Waals surface area contributed by atoms with Gasteiger partial charge >= 0.3 is 5.97 Å². The van der Waals surface area contributed by atoms with Gasteiger partial charge in [-0.3, -0.25) is 15.0 Å². The number of nitrogens with zero attached hydrogens (tertiary/aromatic N) is 1. The maximum atomic E-state index is 12.5. The van der Waals surface area contributed by atoms with Crippen LogP contribution in [0.5, 0.6) is 5.75 Å². The molecule has 124 valence electrons. The van der Waals surface area contributed by atoms with Crippen LogP contribution in [-0.2, 0) is 16.0 Å². The highest BCUT2D eigenvalue weighted by Gasteiger charge is 2.29. The van der Waals surface area contributed by atoms with Crippen LogP contribution in [0.25, 0.3) is 0 Å². The van der Waals surface area contributed by atoms with Crippen LogP contribution in [0, 0.1) is 5.92 Å². The first-order valence-electron chi connectivity index (χ1n) is 8.16. The summed E-state index contributed by atoms with van der Waals surface area (Å²) in [4.78, 5) is 24.4. The van der Waals surface area contributed by atoms with Gasteiger partial charge in [-0.25, -0.2) is 5.01 Å². The van der Waals surface area contributed by atoms with Crippen LogP contribution in [-0.4, -0.2) is 43.2 Å². The molecule has 1 aromatic rings. The molecule has 1 saturated heterocycles. The summed E-state index contributed by atoms with van der Waals surface area (Å²) >= 11 is 0. The number of para-hydroxylation sites is 1. The van der Waals surface area contributed by atoms with Crippen molar-refractivity contribution in [2.75, 3.05) is 26.3 Å². The fourth-order valence-electron chi connectivity index (χ4n) is 3.13. The van der Waals surface area contributed by atoms with E-state index in [4.69, 9.17) is 9.47 Å². The fourth-order valence-corrected chi connectivity index (χ4v) is 3.13. The van der Waals surface area contributed by atoms with Gasteiger partial charge in [0.05, 0.1) is 24.7 Å². The van der Waals surface area contributed by atoms with Crippen molar-refractivity contribution in [2.45, 2.75) is 26.2 Å². The Bertz CT molecular complexity index is 602. The Balaban J connectivity index is 1.64. The minimum Gasteiger partial charge on any atom is -0.492 e. The molecular formula is C17H22N2O4. The van der Waals surface area contributed by atoms with Crippen molar-refractivity contribution >= 4 is 11.9 Å². The summed E-state index contributed by atoms with van der Waals surface area (Å²) in [6.45, 7) is 4.03. The van der Waals surface area contributed by atoms with Gasteiger partial charge in [0.15, 0.2) is 0 Å². The topological polar surface area (TPSA) is 67.9 Å². The maximum Gasteiger partial charge on any atom is 0.310 e. The van der Waals surface area contributed by atoms with E-state index in [1.54, 1.807) is 13.0 Å². The SMILES string of the molecule is CCOC(=O)[C@H]1CCCN(NC(=O)c2cccc3c2OCC3)C1. The molecule has 2 aliphatic rings. The number of carbonyl (C=O) groups excluding carboxylic acids is 2. The zero-order valence-corrected chi connectivity index (χ0v) is 13.3. The molecule has 2 heterocycles. The lowest BCUT2D eigenvalue weighted by Crippen LogP contribution is -2.49. The Hall–Kier alpha value is -2.08. The van der Waals surface area contributed by atoms with E-state index in [2.05, 4.69) is 5.43 Å². The highest BCUT2D eigenvalue weighted by atomic mass is 16.5. The van der Waals surface area contributed by atoms with Gasteiger partial charge in [-0.15, -0.1) is 0 Å². The Labute approximate surface area is 135 Å². The first-order chi connectivity index (χ1) is 11.2. The van der Waals surface area contributed by atoms with Gasteiger partial charge in [0.25, 0.3) is 5.91 Å². The van der Waals surface area contributed by atoms with Crippen molar-refractivity contribution in [3.63, 3.8) is 0 Å². The average Bonchev–Trinajstić information content (AvgIpc) is 3.03. The van der Waals surface area contributed by atoms with Crippen LogP contribution in [0.15, 0.2) is 18.2 Å². The van der Waals surface area contributed by atoms with Gasteiger partial charge in [-0.2, -0.15) is 0 Å². The Kier molecular flexibility index (Phi) is 4.81. The molecular weight excluding hydrogens is 296 g/mol. The molecule has 0 bridgehead atoms. The molecule has 0 aliphatic carbocycles. The monoisotopic (exact) mass is 318 g/mol. The van der Waals surface area contributed by atoms with E-state index in [9.17, 15) is 9.59 Å². The third-order valence-corrected chi connectivity index (χ3v) is 4.26. The molecule has 0 aromatic heterocycles. The van der Waals surface area contributed by atoms with Crippen LogP contribution in [0.3, 0.4) is 0 Å². The third kappa shape index (κ3) is 3.47. The van der Waals surface area contributed by atoms with Crippen molar-refractivity contribution in [2.24, 2.45) is 5.92 Å². The van der Waals surface area contributed by atoms with Crippen LogP contribution >= 0.6 is 0 Å².